The van der Waals surface area contributed by atoms with E-state index in [1.165, 1.54) is 17.7 Å². The number of carboxylic acids is 1. The maximum absolute atomic E-state index is 12.2. The Balaban J connectivity index is 2.20. The van der Waals surface area contributed by atoms with Gasteiger partial charge in [0.15, 0.2) is 0 Å². The van der Waals surface area contributed by atoms with Crippen LogP contribution >= 0.6 is 0 Å². The summed E-state index contributed by atoms with van der Waals surface area (Å²) in [5.41, 5.74) is 1.97. The van der Waals surface area contributed by atoms with Crippen molar-refractivity contribution in [1.82, 2.24) is 0 Å². The fraction of sp³-hybridized carbons (Fsp3) is 0.176. The molecule has 0 aliphatic heterocycles. The molecule has 0 aliphatic rings. The van der Waals surface area contributed by atoms with Gasteiger partial charge in [0.2, 0.25) is 0 Å². The Morgan fingerprint density at radius 1 is 0.952 bits per heavy atom. The van der Waals surface area contributed by atoms with Crippen molar-refractivity contribution in [2.45, 2.75) is 19.8 Å². The Morgan fingerprint density at radius 2 is 1.52 bits per heavy atom. The number of carboxylic acid groups (broad SMARTS) is 1. The van der Waals surface area contributed by atoms with Crippen molar-refractivity contribution >= 4 is 17.6 Å². The summed E-state index contributed by atoms with van der Waals surface area (Å²) >= 11 is 0. The Kier molecular flexibility index (Phi) is 4.38. The quantitative estimate of drug-likeness (QED) is 0.897. The fourth-order valence-corrected chi connectivity index (χ4v) is 2.02. The second-order valence-electron chi connectivity index (χ2n) is 5.08. The van der Waals surface area contributed by atoms with Gasteiger partial charge in [-0.05, 0) is 35.7 Å². The average Bonchev–Trinajstić information content (AvgIpc) is 2.47. The summed E-state index contributed by atoms with van der Waals surface area (Å²) in [5.74, 6) is -1.12. The molecule has 2 aromatic carbocycles. The summed E-state index contributed by atoms with van der Waals surface area (Å²) in [6.07, 6.45) is 0. The first kappa shape index (κ1) is 14.8. The lowest BCUT2D eigenvalue weighted by Gasteiger charge is -2.09. The van der Waals surface area contributed by atoms with Crippen LogP contribution in [0, 0.1) is 0 Å². The highest BCUT2D eigenvalue weighted by atomic mass is 16.4. The van der Waals surface area contributed by atoms with Gasteiger partial charge < -0.3 is 10.4 Å². The third-order valence-electron chi connectivity index (χ3n) is 3.24. The molecule has 0 saturated carbocycles. The third-order valence-corrected chi connectivity index (χ3v) is 3.24. The van der Waals surface area contributed by atoms with Crippen LogP contribution in [-0.2, 0) is 0 Å². The number of carbonyl (C=O) groups excluding carboxylic acids is 1. The molecule has 0 spiro atoms. The largest absolute Gasteiger partial charge is 0.478 e. The van der Waals surface area contributed by atoms with Gasteiger partial charge in [0.05, 0.1) is 11.1 Å². The van der Waals surface area contributed by atoms with Crippen molar-refractivity contribution in [2.24, 2.45) is 0 Å². The maximum Gasteiger partial charge on any atom is 0.336 e. The van der Waals surface area contributed by atoms with Crippen LogP contribution in [0.5, 0.6) is 0 Å². The van der Waals surface area contributed by atoms with E-state index in [0.717, 1.165) is 0 Å². The molecule has 0 bridgehead atoms. The molecule has 2 N–H and O–H groups in total. The van der Waals surface area contributed by atoms with Gasteiger partial charge in [-0.3, -0.25) is 4.79 Å². The molecule has 0 aliphatic carbocycles. The van der Waals surface area contributed by atoms with E-state index < -0.39 is 11.9 Å². The maximum atomic E-state index is 12.2. The Labute approximate surface area is 123 Å². The van der Waals surface area contributed by atoms with Crippen LogP contribution in [-0.4, -0.2) is 17.0 Å². The molecule has 0 aromatic heterocycles. The van der Waals surface area contributed by atoms with Crippen LogP contribution in [0.25, 0.3) is 0 Å². The number of carbonyl (C=O) groups is 2. The number of aromatic carboxylic acids is 1. The van der Waals surface area contributed by atoms with Crippen LogP contribution in [0.3, 0.4) is 0 Å². The van der Waals surface area contributed by atoms with E-state index in [4.69, 9.17) is 5.11 Å². The van der Waals surface area contributed by atoms with E-state index in [-0.39, 0.29) is 11.1 Å². The van der Waals surface area contributed by atoms with Crippen LogP contribution in [0.15, 0.2) is 48.5 Å². The lowest BCUT2D eigenvalue weighted by atomic mass is 10.0. The highest BCUT2D eigenvalue weighted by molar-refractivity contribution is 6.10. The molecular weight excluding hydrogens is 266 g/mol. The fourth-order valence-electron chi connectivity index (χ4n) is 2.02. The van der Waals surface area contributed by atoms with Gasteiger partial charge in [0, 0.05) is 5.69 Å². The third kappa shape index (κ3) is 3.48. The molecular formula is C17H17NO3. The van der Waals surface area contributed by atoms with Crippen molar-refractivity contribution in [3.05, 3.63) is 65.2 Å². The van der Waals surface area contributed by atoms with Gasteiger partial charge >= 0.3 is 5.97 Å². The number of anilines is 1. The van der Waals surface area contributed by atoms with Crippen molar-refractivity contribution in [3.8, 4) is 0 Å². The van der Waals surface area contributed by atoms with E-state index in [1.807, 2.05) is 24.3 Å². The van der Waals surface area contributed by atoms with Gasteiger partial charge in [-0.15, -0.1) is 0 Å². The van der Waals surface area contributed by atoms with E-state index in [9.17, 15) is 9.59 Å². The first-order valence-electron chi connectivity index (χ1n) is 6.72. The van der Waals surface area contributed by atoms with Crippen LogP contribution < -0.4 is 5.32 Å². The zero-order chi connectivity index (χ0) is 15.4. The molecule has 0 unspecified atom stereocenters. The molecule has 0 atom stereocenters. The second-order valence-corrected chi connectivity index (χ2v) is 5.08. The molecule has 0 fully saturated rings. The number of hydrogen-bond donors (Lipinski definition) is 2. The first-order chi connectivity index (χ1) is 9.99. The van der Waals surface area contributed by atoms with Crippen molar-refractivity contribution in [2.75, 3.05) is 5.32 Å². The number of rotatable bonds is 4. The zero-order valence-corrected chi connectivity index (χ0v) is 12.0. The lowest BCUT2D eigenvalue weighted by molar-refractivity contribution is 0.0692. The van der Waals surface area contributed by atoms with Gasteiger partial charge in [0.1, 0.15) is 0 Å². The van der Waals surface area contributed by atoms with Crippen LogP contribution in [0.2, 0.25) is 0 Å². The minimum Gasteiger partial charge on any atom is -0.478 e. The number of hydrogen-bond acceptors (Lipinski definition) is 2. The van der Waals surface area contributed by atoms with E-state index in [1.54, 1.807) is 12.1 Å². The minimum absolute atomic E-state index is 0.00574. The topological polar surface area (TPSA) is 66.4 Å². The lowest BCUT2D eigenvalue weighted by Crippen LogP contribution is -2.16. The zero-order valence-electron chi connectivity index (χ0n) is 12.0. The molecule has 2 aromatic rings. The highest BCUT2D eigenvalue weighted by Gasteiger charge is 2.15. The van der Waals surface area contributed by atoms with Gasteiger partial charge in [-0.1, -0.05) is 38.1 Å². The van der Waals surface area contributed by atoms with Gasteiger partial charge in [-0.2, -0.15) is 0 Å². The van der Waals surface area contributed by atoms with Crippen molar-refractivity contribution in [1.29, 1.82) is 0 Å². The predicted octanol–water partition coefficient (Wildman–Crippen LogP) is 3.76. The van der Waals surface area contributed by atoms with E-state index in [2.05, 4.69) is 19.2 Å². The normalized spacial score (nSPS) is 10.4. The number of benzene rings is 2. The Morgan fingerprint density at radius 3 is 2.05 bits per heavy atom. The molecule has 108 valence electrons. The number of amides is 1. The minimum atomic E-state index is -1.11. The van der Waals surface area contributed by atoms with Crippen molar-refractivity contribution in [3.63, 3.8) is 0 Å². The summed E-state index contributed by atoms with van der Waals surface area (Å²) < 4.78 is 0. The monoisotopic (exact) mass is 283 g/mol. The standard InChI is InChI=1S/C17H17NO3/c1-11(2)12-7-9-13(10-8-12)18-16(19)14-5-3-4-6-15(14)17(20)21/h3-11H,1-2H3,(H,18,19)(H,20,21). The molecule has 4 nitrogen and oxygen atoms in total. The van der Waals surface area contributed by atoms with E-state index in [0.29, 0.717) is 11.6 Å². The molecule has 4 heteroatoms. The van der Waals surface area contributed by atoms with Gasteiger partial charge in [0.25, 0.3) is 5.91 Å². The van der Waals surface area contributed by atoms with Gasteiger partial charge in [-0.25, -0.2) is 4.79 Å². The van der Waals surface area contributed by atoms with E-state index >= 15 is 0 Å². The van der Waals surface area contributed by atoms with Crippen LogP contribution in [0.1, 0.15) is 46.0 Å². The Bertz CT molecular complexity index is 660. The summed E-state index contributed by atoms with van der Waals surface area (Å²) in [6, 6.07) is 13.7. The predicted molar refractivity (Wildman–Crippen MR) is 81.9 cm³/mol. The second kappa shape index (κ2) is 6.22. The summed E-state index contributed by atoms with van der Waals surface area (Å²) in [6.45, 7) is 4.19. The molecule has 0 saturated heterocycles. The molecule has 2 rings (SSSR count). The SMILES string of the molecule is CC(C)c1ccc(NC(=O)c2ccccc2C(=O)O)cc1. The van der Waals surface area contributed by atoms with Crippen LogP contribution in [0.4, 0.5) is 5.69 Å². The highest BCUT2D eigenvalue weighted by Crippen LogP contribution is 2.18. The average molecular weight is 283 g/mol. The summed E-state index contributed by atoms with van der Waals surface area (Å²) in [5, 5.41) is 11.8. The summed E-state index contributed by atoms with van der Waals surface area (Å²) in [4.78, 5) is 23.3. The molecule has 1 amide bonds. The molecule has 21 heavy (non-hydrogen) atoms. The summed E-state index contributed by atoms with van der Waals surface area (Å²) in [7, 11) is 0. The molecule has 0 radical (unpaired) electrons. The smallest absolute Gasteiger partial charge is 0.336 e. The van der Waals surface area contributed by atoms with Crippen molar-refractivity contribution < 1.29 is 14.7 Å². The first-order valence-corrected chi connectivity index (χ1v) is 6.72. The molecule has 0 heterocycles. The Hall–Kier alpha value is -2.62. The number of nitrogens with one attached hydrogen (secondary N) is 1.